The standard InChI is InChI=1S/C28H37ClN2O2/c1-22-9-4-5-12-27(22)33-23(2)20-30-15-17-31(18-16-30)21-26(24-10-8-11-25(29)19-24)28(32)13-6-3-7-14-28/h4-5,8-12,19,26,32H,2-3,6-7,13-18,20-21H2,1H3. The molecule has 0 aromatic heterocycles. The highest BCUT2D eigenvalue weighted by atomic mass is 35.5. The van der Waals surface area contributed by atoms with E-state index in [2.05, 4.69) is 35.4 Å². The molecule has 1 N–H and O–H groups in total. The predicted molar refractivity (Wildman–Crippen MR) is 136 cm³/mol. The van der Waals surface area contributed by atoms with Crippen LogP contribution < -0.4 is 4.74 Å². The molecule has 1 aliphatic carbocycles. The van der Waals surface area contributed by atoms with Crippen LogP contribution in [0.5, 0.6) is 5.75 Å². The van der Waals surface area contributed by atoms with E-state index in [0.717, 1.165) is 92.6 Å². The van der Waals surface area contributed by atoms with Gasteiger partial charge in [-0.25, -0.2) is 0 Å². The van der Waals surface area contributed by atoms with Crippen LogP contribution in [-0.2, 0) is 0 Å². The monoisotopic (exact) mass is 468 g/mol. The Bertz CT molecular complexity index is 933. The minimum Gasteiger partial charge on any atom is -0.461 e. The molecule has 1 unspecified atom stereocenters. The fraction of sp³-hybridized carbons (Fsp3) is 0.500. The predicted octanol–water partition coefficient (Wildman–Crippen LogP) is 5.64. The Morgan fingerprint density at radius 2 is 1.73 bits per heavy atom. The third-order valence-electron chi connectivity index (χ3n) is 7.27. The lowest BCUT2D eigenvalue weighted by Crippen LogP contribution is -2.51. The molecule has 0 spiro atoms. The first kappa shape index (κ1) is 24.3. The summed E-state index contributed by atoms with van der Waals surface area (Å²) in [6, 6.07) is 16.2. The molecular weight excluding hydrogens is 432 g/mol. The average molecular weight is 469 g/mol. The van der Waals surface area contributed by atoms with Gasteiger partial charge in [0, 0.05) is 43.7 Å². The zero-order valence-electron chi connectivity index (χ0n) is 19.8. The van der Waals surface area contributed by atoms with E-state index in [-0.39, 0.29) is 5.92 Å². The van der Waals surface area contributed by atoms with Gasteiger partial charge in [-0.05, 0) is 49.1 Å². The third kappa shape index (κ3) is 6.39. The Morgan fingerprint density at radius 3 is 2.42 bits per heavy atom. The van der Waals surface area contributed by atoms with E-state index in [9.17, 15) is 5.11 Å². The summed E-state index contributed by atoms with van der Waals surface area (Å²) in [6.07, 6.45) is 5.17. The van der Waals surface area contributed by atoms with Gasteiger partial charge in [-0.1, -0.05) is 67.8 Å². The molecule has 4 nitrogen and oxygen atoms in total. The van der Waals surface area contributed by atoms with Gasteiger partial charge < -0.3 is 14.7 Å². The molecule has 2 fully saturated rings. The Labute approximate surface area is 203 Å². The first-order valence-electron chi connectivity index (χ1n) is 12.3. The van der Waals surface area contributed by atoms with Gasteiger partial charge in [0.15, 0.2) is 0 Å². The normalized spacial score (nSPS) is 20.3. The Hall–Kier alpha value is -1.85. The first-order chi connectivity index (χ1) is 15.9. The SMILES string of the molecule is C=C(CN1CCN(CC(c2cccc(Cl)c2)C2(O)CCCCC2)CC1)Oc1ccccc1C. The van der Waals surface area contributed by atoms with Gasteiger partial charge in [0.1, 0.15) is 11.5 Å². The van der Waals surface area contributed by atoms with E-state index in [1.807, 2.05) is 36.4 Å². The molecule has 0 amide bonds. The van der Waals surface area contributed by atoms with E-state index in [0.29, 0.717) is 0 Å². The van der Waals surface area contributed by atoms with Crippen LogP contribution in [0.4, 0.5) is 0 Å². The largest absolute Gasteiger partial charge is 0.461 e. The smallest absolute Gasteiger partial charge is 0.129 e. The van der Waals surface area contributed by atoms with Crippen LogP contribution in [0.15, 0.2) is 60.9 Å². The van der Waals surface area contributed by atoms with Crippen molar-refractivity contribution in [3.8, 4) is 5.75 Å². The Kier molecular flexibility index (Phi) is 8.13. The molecule has 0 radical (unpaired) electrons. The lowest BCUT2D eigenvalue weighted by molar-refractivity contribution is -0.0341. The van der Waals surface area contributed by atoms with Crippen LogP contribution in [-0.4, -0.2) is 59.8 Å². The highest BCUT2D eigenvalue weighted by Gasteiger charge is 2.40. The maximum atomic E-state index is 11.6. The molecule has 2 aromatic rings. The van der Waals surface area contributed by atoms with Crippen molar-refractivity contribution < 1.29 is 9.84 Å². The van der Waals surface area contributed by atoms with Gasteiger partial charge in [-0.3, -0.25) is 4.90 Å². The molecule has 5 heteroatoms. The molecule has 1 saturated heterocycles. The highest BCUT2D eigenvalue weighted by Crippen LogP contribution is 2.41. The first-order valence-corrected chi connectivity index (χ1v) is 12.6. The lowest BCUT2D eigenvalue weighted by atomic mass is 9.72. The summed E-state index contributed by atoms with van der Waals surface area (Å²) in [5.41, 5.74) is 1.64. The summed E-state index contributed by atoms with van der Waals surface area (Å²) in [4.78, 5) is 4.90. The van der Waals surface area contributed by atoms with Crippen LogP contribution in [0.2, 0.25) is 5.02 Å². The Morgan fingerprint density at radius 1 is 1.03 bits per heavy atom. The van der Waals surface area contributed by atoms with Crippen LogP contribution in [0, 0.1) is 6.92 Å². The molecule has 33 heavy (non-hydrogen) atoms. The number of aliphatic hydroxyl groups is 1. The topological polar surface area (TPSA) is 35.9 Å². The van der Waals surface area contributed by atoms with Crippen molar-refractivity contribution in [1.82, 2.24) is 9.80 Å². The zero-order chi connectivity index (χ0) is 23.3. The number of hydrogen-bond donors (Lipinski definition) is 1. The summed E-state index contributed by atoms with van der Waals surface area (Å²) in [7, 11) is 0. The van der Waals surface area contributed by atoms with E-state index in [1.54, 1.807) is 0 Å². The number of aryl methyl sites for hydroxylation is 1. The van der Waals surface area contributed by atoms with Crippen molar-refractivity contribution in [2.75, 3.05) is 39.3 Å². The van der Waals surface area contributed by atoms with Crippen molar-refractivity contribution in [1.29, 1.82) is 0 Å². The molecule has 1 heterocycles. The van der Waals surface area contributed by atoms with E-state index in [4.69, 9.17) is 16.3 Å². The van der Waals surface area contributed by atoms with Crippen LogP contribution in [0.1, 0.15) is 49.1 Å². The van der Waals surface area contributed by atoms with Gasteiger partial charge in [-0.15, -0.1) is 0 Å². The number of rotatable bonds is 8. The number of piperazine rings is 1. The molecule has 4 rings (SSSR count). The second-order valence-electron chi connectivity index (χ2n) is 9.75. The van der Waals surface area contributed by atoms with Crippen molar-refractivity contribution in [3.63, 3.8) is 0 Å². The van der Waals surface area contributed by atoms with Gasteiger partial charge in [0.2, 0.25) is 0 Å². The maximum absolute atomic E-state index is 11.6. The molecule has 1 saturated carbocycles. The second kappa shape index (κ2) is 11.1. The number of hydrogen-bond acceptors (Lipinski definition) is 4. The minimum atomic E-state index is -0.643. The second-order valence-corrected chi connectivity index (χ2v) is 10.2. The lowest BCUT2D eigenvalue weighted by Gasteiger charge is -2.43. The minimum absolute atomic E-state index is 0.0856. The van der Waals surface area contributed by atoms with Crippen LogP contribution in [0.25, 0.3) is 0 Å². The average Bonchev–Trinajstić information content (AvgIpc) is 2.80. The van der Waals surface area contributed by atoms with Crippen molar-refractivity contribution in [2.45, 2.75) is 50.5 Å². The number of benzene rings is 2. The third-order valence-corrected chi connectivity index (χ3v) is 7.51. The molecule has 1 aliphatic heterocycles. The van der Waals surface area contributed by atoms with E-state index in [1.165, 1.54) is 6.42 Å². The quantitative estimate of drug-likeness (QED) is 0.509. The molecule has 1 atom stereocenters. The highest BCUT2D eigenvalue weighted by molar-refractivity contribution is 6.30. The molecule has 178 valence electrons. The summed E-state index contributed by atoms with van der Waals surface area (Å²) >= 11 is 6.33. The maximum Gasteiger partial charge on any atom is 0.129 e. The summed E-state index contributed by atoms with van der Waals surface area (Å²) in [5, 5.41) is 12.4. The van der Waals surface area contributed by atoms with Gasteiger partial charge in [-0.2, -0.15) is 0 Å². The number of ether oxygens (including phenoxy) is 1. The summed E-state index contributed by atoms with van der Waals surface area (Å²) < 4.78 is 6.01. The number of halogens is 1. The summed E-state index contributed by atoms with van der Waals surface area (Å²) in [6.45, 7) is 11.7. The van der Waals surface area contributed by atoms with Crippen molar-refractivity contribution in [3.05, 3.63) is 77.0 Å². The van der Waals surface area contributed by atoms with E-state index < -0.39 is 5.60 Å². The number of nitrogens with zero attached hydrogens (tertiary/aromatic N) is 2. The van der Waals surface area contributed by atoms with E-state index >= 15 is 0 Å². The van der Waals surface area contributed by atoms with Gasteiger partial charge in [0.25, 0.3) is 0 Å². The van der Waals surface area contributed by atoms with Crippen molar-refractivity contribution >= 4 is 11.6 Å². The number of para-hydroxylation sites is 1. The molecular formula is C28H37ClN2O2. The van der Waals surface area contributed by atoms with Crippen molar-refractivity contribution in [2.24, 2.45) is 0 Å². The van der Waals surface area contributed by atoms with Crippen LogP contribution >= 0.6 is 11.6 Å². The van der Waals surface area contributed by atoms with Gasteiger partial charge in [0.05, 0.1) is 12.1 Å². The molecule has 2 aromatic carbocycles. The molecule has 0 bridgehead atoms. The van der Waals surface area contributed by atoms with Gasteiger partial charge >= 0.3 is 0 Å². The summed E-state index contributed by atoms with van der Waals surface area (Å²) in [5.74, 6) is 1.75. The Balaban J connectivity index is 1.34. The molecule has 2 aliphatic rings. The fourth-order valence-electron chi connectivity index (χ4n) is 5.32. The fourth-order valence-corrected chi connectivity index (χ4v) is 5.52. The zero-order valence-corrected chi connectivity index (χ0v) is 20.6. The van der Waals surface area contributed by atoms with Crippen LogP contribution in [0.3, 0.4) is 0 Å².